The smallest absolute Gasteiger partial charge is 0.368 e. The van der Waals surface area contributed by atoms with Gasteiger partial charge >= 0.3 is 6.03 Å². The second-order valence-electron chi connectivity index (χ2n) is 6.06. The lowest BCUT2D eigenvalue weighted by Crippen LogP contribution is -2.21. The average Bonchev–Trinajstić information content (AvgIpc) is 3.11. The molecule has 0 spiro atoms. The highest BCUT2D eigenvalue weighted by atomic mass is 16.3. The van der Waals surface area contributed by atoms with Crippen LogP contribution in [-0.2, 0) is 6.54 Å². The summed E-state index contributed by atoms with van der Waals surface area (Å²) in [7, 11) is 0. The lowest BCUT2D eigenvalue weighted by Gasteiger charge is -2.07. The number of fused-ring (bicyclic) bond motifs is 2. The maximum absolute atomic E-state index is 11.3. The molecule has 25 heavy (non-hydrogen) atoms. The molecule has 2 amide bonds. The van der Waals surface area contributed by atoms with Gasteiger partial charge in [-0.25, -0.2) is 4.79 Å². The number of hydrogen-bond donors (Lipinski definition) is 2. The molecule has 0 unspecified atom stereocenters. The zero-order valence-electron chi connectivity index (χ0n) is 13.9. The third-order valence-electron chi connectivity index (χ3n) is 4.36. The number of carbonyl (C=O) groups is 1. The summed E-state index contributed by atoms with van der Waals surface area (Å²) >= 11 is 0. The average molecular weight is 334 g/mol. The van der Waals surface area contributed by atoms with Crippen LogP contribution in [0, 0.1) is 0 Å². The fourth-order valence-electron chi connectivity index (χ4n) is 3.12. The van der Waals surface area contributed by atoms with Crippen LogP contribution in [0.15, 0.2) is 52.4 Å². The first kappa shape index (κ1) is 15.4. The van der Waals surface area contributed by atoms with E-state index in [0.29, 0.717) is 16.4 Å². The molecule has 6 heteroatoms. The molecule has 0 saturated heterocycles. The number of urea groups is 1. The fourth-order valence-corrected chi connectivity index (χ4v) is 3.12. The molecule has 0 saturated carbocycles. The highest BCUT2D eigenvalue weighted by Crippen LogP contribution is 2.38. The number of amides is 2. The first-order chi connectivity index (χ1) is 12.2. The van der Waals surface area contributed by atoms with Crippen LogP contribution in [0.2, 0.25) is 0 Å². The summed E-state index contributed by atoms with van der Waals surface area (Å²) in [5.74, 6) is 0.216. The molecule has 2 N–H and O–H groups in total. The summed E-state index contributed by atoms with van der Waals surface area (Å²) < 4.78 is 1.93. The van der Waals surface area contributed by atoms with Crippen molar-refractivity contribution in [2.45, 2.75) is 26.3 Å². The van der Waals surface area contributed by atoms with Crippen LogP contribution in [-0.4, -0.2) is 15.7 Å². The Morgan fingerprint density at radius 2 is 1.92 bits per heavy atom. The number of rotatable bonds is 5. The van der Waals surface area contributed by atoms with Crippen LogP contribution < -0.4 is 16.0 Å². The third-order valence-corrected chi connectivity index (χ3v) is 4.36. The highest BCUT2D eigenvalue weighted by molar-refractivity contribution is 5.98. The number of aromatic nitrogens is 1. The lowest BCUT2D eigenvalue weighted by molar-refractivity contribution is 0.256. The first-order valence-electron chi connectivity index (χ1n) is 8.36. The Morgan fingerprint density at radius 1 is 1.12 bits per heavy atom. The molecule has 3 aromatic rings. The molecule has 2 heterocycles. The van der Waals surface area contributed by atoms with Crippen LogP contribution in [0.5, 0.6) is 5.88 Å². The number of nitrogens with one attached hydrogen (secondary N) is 1. The van der Waals surface area contributed by atoms with Crippen molar-refractivity contribution in [2.75, 3.05) is 5.32 Å². The first-order valence-corrected chi connectivity index (χ1v) is 8.36. The van der Waals surface area contributed by atoms with E-state index >= 15 is 0 Å². The van der Waals surface area contributed by atoms with Gasteiger partial charge in [-0.05, 0) is 30.7 Å². The molecule has 0 fully saturated rings. The SMILES string of the molecule is CCCCn1c(O)c(Nc2ccc3c(c2)=NC(=O)N=3)c2ccccc21. The highest BCUT2D eigenvalue weighted by Gasteiger charge is 2.16. The van der Waals surface area contributed by atoms with Gasteiger partial charge in [-0.1, -0.05) is 31.5 Å². The van der Waals surface area contributed by atoms with E-state index in [0.717, 1.165) is 36.0 Å². The number of unbranched alkanes of at least 4 members (excludes halogenated alkanes) is 1. The summed E-state index contributed by atoms with van der Waals surface area (Å²) in [5.41, 5.74) is 2.40. The maximum Gasteiger partial charge on any atom is 0.368 e. The summed E-state index contributed by atoms with van der Waals surface area (Å²) in [4.78, 5) is 19.0. The van der Waals surface area contributed by atoms with Gasteiger partial charge < -0.3 is 15.0 Å². The molecule has 2 aromatic carbocycles. The van der Waals surface area contributed by atoms with Crippen LogP contribution in [0.4, 0.5) is 16.2 Å². The minimum atomic E-state index is -0.480. The van der Waals surface area contributed by atoms with Gasteiger partial charge in [0.25, 0.3) is 0 Å². The van der Waals surface area contributed by atoms with Crippen molar-refractivity contribution in [3.8, 4) is 5.88 Å². The summed E-state index contributed by atoms with van der Waals surface area (Å²) in [6.45, 7) is 2.89. The van der Waals surface area contributed by atoms with E-state index in [1.807, 2.05) is 34.9 Å². The van der Waals surface area contributed by atoms with Gasteiger partial charge in [-0.3, -0.25) is 0 Å². The van der Waals surface area contributed by atoms with E-state index in [9.17, 15) is 9.90 Å². The molecule has 1 aliphatic rings. The van der Waals surface area contributed by atoms with Gasteiger partial charge in [0.05, 0.1) is 16.2 Å². The van der Waals surface area contributed by atoms with Gasteiger partial charge in [0.2, 0.25) is 5.88 Å². The van der Waals surface area contributed by atoms with Crippen molar-refractivity contribution in [3.63, 3.8) is 0 Å². The normalized spacial score (nSPS) is 12.8. The van der Waals surface area contributed by atoms with Gasteiger partial charge in [0.15, 0.2) is 0 Å². The van der Waals surface area contributed by atoms with E-state index in [1.165, 1.54) is 0 Å². The minimum absolute atomic E-state index is 0.216. The Hall–Kier alpha value is -3.15. The van der Waals surface area contributed by atoms with Gasteiger partial charge in [-0.15, -0.1) is 0 Å². The third kappa shape index (κ3) is 2.65. The van der Waals surface area contributed by atoms with Crippen molar-refractivity contribution in [1.82, 2.24) is 4.57 Å². The largest absolute Gasteiger partial charge is 0.493 e. The lowest BCUT2D eigenvalue weighted by atomic mass is 10.2. The van der Waals surface area contributed by atoms with Crippen molar-refractivity contribution < 1.29 is 9.90 Å². The number of aromatic hydroxyl groups is 1. The monoisotopic (exact) mass is 334 g/mol. The number of benzene rings is 2. The van der Waals surface area contributed by atoms with Gasteiger partial charge in [0, 0.05) is 17.6 Å². The van der Waals surface area contributed by atoms with Crippen molar-refractivity contribution in [3.05, 3.63) is 53.2 Å². The Bertz CT molecular complexity index is 1100. The van der Waals surface area contributed by atoms with E-state index in [2.05, 4.69) is 22.2 Å². The minimum Gasteiger partial charge on any atom is -0.493 e. The zero-order valence-corrected chi connectivity index (χ0v) is 13.9. The van der Waals surface area contributed by atoms with Crippen LogP contribution in [0.25, 0.3) is 10.9 Å². The van der Waals surface area contributed by atoms with Crippen LogP contribution >= 0.6 is 0 Å². The van der Waals surface area contributed by atoms with Crippen molar-refractivity contribution in [2.24, 2.45) is 9.98 Å². The standard InChI is InChI=1S/C19H18N4O2/c1-2-3-10-23-16-7-5-4-6-13(16)17(18(23)24)20-12-8-9-14-15(11-12)22-19(25)21-14/h4-9,11,20,24H,2-3,10H2,1H3. The molecule has 1 aliphatic heterocycles. The molecule has 6 nitrogen and oxygen atoms in total. The second-order valence-corrected chi connectivity index (χ2v) is 6.06. The van der Waals surface area contributed by atoms with Crippen LogP contribution in [0.3, 0.4) is 0 Å². The Balaban J connectivity index is 1.79. The van der Waals surface area contributed by atoms with E-state index < -0.39 is 6.03 Å². The van der Waals surface area contributed by atoms with Crippen LogP contribution in [0.1, 0.15) is 19.8 Å². The number of nitrogens with zero attached hydrogens (tertiary/aromatic N) is 3. The number of anilines is 2. The van der Waals surface area contributed by atoms with Crippen molar-refractivity contribution >= 4 is 28.3 Å². The molecular formula is C19H18N4O2. The predicted molar refractivity (Wildman–Crippen MR) is 95.9 cm³/mol. The zero-order chi connectivity index (χ0) is 17.4. The molecule has 1 aromatic heterocycles. The molecular weight excluding hydrogens is 316 g/mol. The second kappa shape index (κ2) is 6.05. The molecule has 0 atom stereocenters. The molecule has 126 valence electrons. The number of para-hydroxylation sites is 1. The summed E-state index contributed by atoms with van der Waals surface area (Å²) in [6.07, 6.45) is 2.05. The maximum atomic E-state index is 11.3. The van der Waals surface area contributed by atoms with Crippen molar-refractivity contribution in [1.29, 1.82) is 0 Å². The topological polar surface area (TPSA) is 79.0 Å². The Morgan fingerprint density at radius 3 is 2.76 bits per heavy atom. The van der Waals surface area contributed by atoms with E-state index in [-0.39, 0.29) is 5.88 Å². The number of aryl methyl sites for hydroxylation is 1. The summed E-state index contributed by atoms with van der Waals surface area (Å²) in [6, 6.07) is 12.8. The Kier molecular flexibility index (Phi) is 3.72. The molecule has 0 bridgehead atoms. The molecule has 0 aliphatic carbocycles. The molecule has 0 radical (unpaired) electrons. The number of carbonyl (C=O) groups excluding carboxylic acids is 1. The fraction of sp³-hybridized carbons (Fsp3) is 0.211. The quantitative estimate of drug-likeness (QED) is 0.751. The molecule has 4 rings (SSSR count). The van der Waals surface area contributed by atoms with E-state index in [1.54, 1.807) is 12.1 Å². The van der Waals surface area contributed by atoms with Gasteiger partial charge in [-0.2, -0.15) is 9.98 Å². The predicted octanol–water partition coefficient (Wildman–Crippen LogP) is 3.26. The Labute approximate surface area is 144 Å². The van der Waals surface area contributed by atoms with Gasteiger partial charge in [0.1, 0.15) is 5.69 Å². The summed E-state index contributed by atoms with van der Waals surface area (Å²) in [5, 5.41) is 16.1. The number of hydrogen-bond acceptors (Lipinski definition) is 3. The van der Waals surface area contributed by atoms with E-state index in [4.69, 9.17) is 0 Å².